The van der Waals surface area contributed by atoms with Crippen LogP contribution in [0.1, 0.15) is 17.5 Å². The maximum Gasteiger partial charge on any atom is 0.308 e. The third-order valence-corrected chi connectivity index (χ3v) is 2.77. The number of hydrogen-bond acceptors (Lipinski definition) is 2. The first-order chi connectivity index (χ1) is 6.95. The summed E-state index contributed by atoms with van der Waals surface area (Å²) in [6.45, 7) is 1.97. The number of esters is 1. The molecule has 15 heavy (non-hydrogen) atoms. The molecule has 0 aromatic heterocycles. The summed E-state index contributed by atoms with van der Waals surface area (Å²) in [6.07, 6.45) is -0.0598. The molecule has 0 bridgehead atoms. The Hall–Kier alpha value is -0.730. The van der Waals surface area contributed by atoms with Crippen molar-refractivity contribution in [2.45, 2.75) is 17.7 Å². The van der Waals surface area contributed by atoms with E-state index < -0.39 is 10.3 Å². The fourth-order valence-electron chi connectivity index (χ4n) is 1.15. The van der Waals surface area contributed by atoms with Crippen LogP contribution in [0.15, 0.2) is 24.3 Å². The van der Waals surface area contributed by atoms with Crippen LogP contribution in [0.4, 0.5) is 0 Å². The van der Waals surface area contributed by atoms with Crippen LogP contribution >= 0.6 is 23.2 Å². The van der Waals surface area contributed by atoms with Gasteiger partial charge in [-0.15, -0.1) is 0 Å². The van der Waals surface area contributed by atoms with Gasteiger partial charge in [0.25, 0.3) is 0 Å². The lowest BCUT2D eigenvalue weighted by Crippen LogP contribution is -2.17. The molecule has 1 rings (SSSR count). The summed E-state index contributed by atoms with van der Waals surface area (Å²) in [5.41, 5.74) is 1.81. The van der Waals surface area contributed by atoms with Crippen LogP contribution in [0.3, 0.4) is 0 Å². The zero-order valence-electron chi connectivity index (χ0n) is 8.59. The van der Waals surface area contributed by atoms with E-state index >= 15 is 0 Å². The van der Waals surface area contributed by atoms with Gasteiger partial charge < -0.3 is 4.74 Å². The number of ether oxygens (including phenoxy) is 1. The molecule has 0 amide bonds. The Balaban J connectivity index is 2.85. The molecule has 4 heteroatoms. The molecule has 0 N–H and O–H groups in total. The van der Waals surface area contributed by atoms with Crippen LogP contribution in [0.2, 0.25) is 0 Å². The molecule has 0 atom stereocenters. The van der Waals surface area contributed by atoms with Crippen LogP contribution in [-0.2, 0) is 13.9 Å². The van der Waals surface area contributed by atoms with Gasteiger partial charge in [-0.1, -0.05) is 53.0 Å². The van der Waals surface area contributed by atoms with Gasteiger partial charge in [-0.2, -0.15) is 0 Å². The van der Waals surface area contributed by atoms with Gasteiger partial charge in [0, 0.05) is 0 Å². The minimum atomic E-state index is -1.22. The second kappa shape index (κ2) is 4.86. The van der Waals surface area contributed by atoms with Crippen molar-refractivity contribution in [3.63, 3.8) is 0 Å². The van der Waals surface area contributed by atoms with Crippen molar-refractivity contribution in [1.82, 2.24) is 0 Å². The summed E-state index contributed by atoms with van der Waals surface area (Å²) in [5.74, 6) is -0.430. The lowest BCUT2D eigenvalue weighted by molar-refractivity contribution is -0.140. The molecule has 0 unspecified atom stereocenters. The van der Waals surface area contributed by atoms with Crippen molar-refractivity contribution in [1.29, 1.82) is 0 Å². The van der Waals surface area contributed by atoms with E-state index in [2.05, 4.69) is 4.74 Å². The zero-order chi connectivity index (χ0) is 11.5. The highest BCUT2D eigenvalue weighted by molar-refractivity contribution is 6.48. The molecular weight excluding hydrogens is 235 g/mol. The molecule has 1 aromatic rings. The van der Waals surface area contributed by atoms with E-state index in [0.29, 0.717) is 5.56 Å². The van der Waals surface area contributed by atoms with E-state index in [1.165, 1.54) is 7.11 Å². The van der Waals surface area contributed by atoms with Crippen LogP contribution in [0, 0.1) is 6.92 Å². The monoisotopic (exact) mass is 246 g/mol. The van der Waals surface area contributed by atoms with Gasteiger partial charge in [-0.05, 0) is 12.5 Å². The van der Waals surface area contributed by atoms with Crippen LogP contribution in [0.5, 0.6) is 0 Å². The van der Waals surface area contributed by atoms with Gasteiger partial charge in [-0.25, -0.2) is 0 Å². The topological polar surface area (TPSA) is 26.3 Å². The lowest BCUT2D eigenvalue weighted by atomic mass is 10.1. The zero-order valence-corrected chi connectivity index (χ0v) is 10.1. The van der Waals surface area contributed by atoms with Crippen molar-refractivity contribution >= 4 is 29.2 Å². The SMILES string of the molecule is COC(=O)CC(Cl)(Cl)c1ccc(C)cc1. The van der Waals surface area contributed by atoms with Gasteiger partial charge in [0.2, 0.25) is 0 Å². The van der Waals surface area contributed by atoms with Crippen LogP contribution in [0.25, 0.3) is 0 Å². The number of benzene rings is 1. The maximum atomic E-state index is 11.1. The highest BCUT2D eigenvalue weighted by Crippen LogP contribution is 2.37. The smallest absolute Gasteiger partial charge is 0.308 e. The molecule has 0 fully saturated rings. The second-order valence-electron chi connectivity index (χ2n) is 3.32. The summed E-state index contributed by atoms with van der Waals surface area (Å²) in [5, 5.41) is 0. The number of halogens is 2. The molecule has 0 aliphatic rings. The predicted molar refractivity (Wildman–Crippen MR) is 61.2 cm³/mol. The van der Waals surface area contributed by atoms with Crippen molar-refractivity contribution in [2.24, 2.45) is 0 Å². The summed E-state index contributed by atoms with van der Waals surface area (Å²) in [7, 11) is 1.31. The Morgan fingerprint density at radius 2 is 1.87 bits per heavy atom. The summed E-state index contributed by atoms with van der Waals surface area (Å²) in [6, 6.07) is 7.40. The minimum absolute atomic E-state index is 0.0598. The molecule has 0 radical (unpaired) electrons. The number of hydrogen-bond donors (Lipinski definition) is 0. The van der Waals surface area contributed by atoms with Crippen LogP contribution in [-0.4, -0.2) is 13.1 Å². The molecule has 1 aromatic carbocycles. The van der Waals surface area contributed by atoms with Gasteiger partial charge in [0.15, 0.2) is 4.33 Å². The largest absolute Gasteiger partial charge is 0.469 e. The van der Waals surface area contributed by atoms with E-state index in [1.54, 1.807) is 12.1 Å². The van der Waals surface area contributed by atoms with Crippen molar-refractivity contribution in [3.8, 4) is 0 Å². The van der Waals surface area contributed by atoms with E-state index in [4.69, 9.17) is 23.2 Å². The van der Waals surface area contributed by atoms with Gasteiger partial charge >= 0.3 is 5.97 Å². The van der Waals surface area contributed by atoms with Crippen molar-refractivity contribution in [3.05, 3.63) is 35.4 Å². The first-order valence-corrected chi connectivity index (χ1v) is 5.23. The average Bonchev–Trinajstić information content (AvgIpc) is 2.17. The Morgan fingerprint density at radius 1 is 1.33 bits per heavy atom. The maximum absolute atomic E-state index is 11.1. The average molecular weight is 247 g/mol. The molecule has 82 valence electrons. The summed E-state index contributed by atoms with van der Waals surface area (Å²) in [4.78, 5) is 11.1. The fraction of sp³-hybridized carbons (Fsp3) is 0.364. The van der Waals surface area contributed by atoms with Crippen molar-refractivity contribution in [2.75, 3.05) is 7.11 Å². The van der Waals surface area contributed by atoms with E-state index in [9.17, 15) is 4.79 Å². The fourth-order valence-corrected chi connectivity index (χ4v) is 1.62. The van der Waals surface area contributed by atoms with E-state index in [-0.39, 0.29) is 6.42 Å². The number of methoxy groups -OCH3 is 1. The molecule has 0 saturated heterocycles. The lowest BCUT2D eigenvalue weighted by Gasteiger charge is -2.18. The summed E-state index contributed by atoms with van der Waals surface area (Å²) >= 11 is 12.1. The number of carbonyl (C=O) groups excluding carboxylic acids is 1. The predicted octanol–water partition coefficient (Wildman–Crippen LogP) is 3.19. The summed E-state index contributed by atoms with van der Waals surface area (Å²) < 4.78 is 3.30. The minimum Gasteiger partial charge on any atom is -0.469 e. The third-order valence-electron chi connectivity index (χ3n) is 2.07. The first kappa shape index (κ1) is 12.3. The first-order valence-electron chi connectivity index (χ1n) is 4.47. The van der Waals surface area contributed by atoms with E-state index in [1.807, 2.05) is 19.1 Å². The molecule has 0 aliphatic heterocycles. The third kappa shape index (κ3) is 3.40. The highest BCUT2D eigenvalue weighted by atomic mass is 35.5. The second-order valence-corrected chi connectivity index (χ2v) is 4.81. The normalized spacial score (nSPS) is 11.2. The number of rotatable bonds is 3. The number of aryl methyl sites for hydroxylation is 1. The molecule has 0 spiro atoms. The molecule has 2 nitrogen and oxygen atoms in total. The molecule has 0 aliphatic carbocycles. The Kier molecular flexibility index (Phi) is 4.00. The standard InChI is InChI=1S/C11H12Cl2O2/c1-8-3-5-9(6-4-8)11(12,13)7-10(14)15-2/h3-6H,7H2,1-2H3. The van der Waals surface area contributed by atoms with Gasteiger partial charge in [0.05, 0.1) is 13.5 Å². The van der Waals surface area contributed by atoms with Crippen molar-refractivity contribution < 1.29 is 9.53 Å². The number of alkyl halides is 2. The van der Waals surface area contributed by atoms with E-state index in [0.717, 1.165) is 5.56 Å². The molecular formula is C11H12Cl2O2. The van der Waals surface area contributed by atoms with Gasteiger partial charge in [0.1, 0.15) is 0 Å². The molecule has 0 saturated carbocycles. The van der Waals surface area contributed by atoms with Gasteiger partial charge in [-0.3, -0.25) is 4.79 Å². The molecule has 0 heterocycles. The highest BCUT2D eigenvalue weighted by Gasteiger charge is 2.30. The Morgan fingerprint density at radius 3 is 2.33 bits per heavy atom. The number of carbonyl (C=O) groups is 1. The quantitative estimate of drug-likeness (QED) is 0.605. The Labute approximate surface area is 99.1 Å². The van der Waals surface area contributed by atoms with Crippen LogP contribution < -0.4 is 0 Å². The Bertz CT molecular complexity index is 344.